The zero-order valence-electron chi connectivity index (χ0n) is 8.54. The van der Waals surface area contributed by atoms with Crippen LogP contribution in [0.5, 0.6) is 5.75 Å². The van der Waals surface area contributed by atoms with Crippen molar-refractivity contribution in [2.75, 3.05) is 0 Å². The van der Waals surface area contributed by atoms with E-state index < -0.39 is 0 Å². The second-order valence-electron chi connectivity index (χ2n) is 3.55. The van der Waals surface area contributed by atoms with Gasteiger partial charge in [-0.3, -0.25) is 0 Å². The van der Waals surface area contributed by atoms with Crippen molar-refractivity contribution in [1.29, 1.82) is 0 Å². The van der Waals surface area contributed by atoms with Gasteiger partial charge < -0.3 is 5.11 Å². The molecule has 0 aliphatic heterocycles. The molecule has 0 spiro atoms. The largest absolute Gasteiger partial charge is 0.508 e. The zero-order chi connectivity index (χ0) is 11.0. The molecule has 0 radical (unpaired) electrons. The summed E-state index contributed by atoms with van der Waals surface area (Å²) in [5.74, 6) is 0.321. The Bertz CT molecular complexity index is 502. The Hall–Kier alpha value is -0.990. The maximum Gasteiger partial charge on any atom is 0.118 e. The summed E-state index contributed by atoms with van der Waals surface area (Å²) in [6, 6.07) is 7.60. The number of benzene rings is 1. The van der Waals surface area contributed by atoms with E-state index in [0.717, 1.165) is 21.0 Å². The maximum absolute atomic E-state index is 9.43. The second kappa shape index (κ2) is 3.87. The van der Waals surface area contributed by atoms with Gasteiger partial charge in [0.15, 0.2) is 0 Å². The van der Waals surface area contributed by atoms with Crippen molar-refractivity contribution in [2.24, 2.45) is 0 Å². The normalized spacial score (nSPS) is 10.6. The van der Waals surface area contributed by atoms with E-state index in [9.17, 15) is 5.11 Å². The lowest BCUT2D eigenvalue weighted by Gasteiger charge is -2.02. The van der Waals surface area contributed by atoms with Crippen LogP contribution in [0.25, 0.3) is 11.1 Å². The quantitative estimate of drug-likeness (QED) is 0.781. The van der Waals surface area contributed by atoms with Gasteiger partial charge in [0.1, 0.15) is 10.1 Å². The lowest BCUT2D eigenvalue weighted by atomic mass is 10.1. The SMILES string of the molecule is Cc1cc(-c2ccc(O)c(C)c2)c(Cl)s1. The molecule has 78 valence electrons. The van der Waals surface area contributed by atoms with E-state index in [-0.39, 0.29) is 0 Å². The van der Waals surface area contributed by atoms with Crippen LogP contribution in [-0.4, -0.2) is 5.11 Å². The molecule has 0 atom stereocenters. The molecule has 0 saturated heterocycles. The summed E-state index contributed by atoms with van der Waals surface area (Å²) in [6.07, 6.45) is 0. The predicted molar refractivity (Wildman–Crippen MR) is 65.9 cm³/mol. The number of hydrogen-bond acceptors (Lipinski definition) is 2. The van der Waals surface area contributed by atoms with Crippen molar-refractivity contribution >= 4 is 22.9 Å². The minimum atomic E-state index is 0.321. The zero-order valence-corrected chi connectivity index (χ0v) is 10.1. The molecule has 0 aliphatic carbocycles. The van der Waals surface area contributed by atoms with E-state index >= 15 is 0 Å². The summed E-state index contributed by atoms with van der Waals surface area (Å²) < 4.78 is 0.803. The van der Waals surface area contributed by atoms with Crippen LogP contribution in [0.2, 0.25) is 4.34 Å². The van der Waals surface area contributed by atoms with E-state index in [1.807, 2.05) is 26.0 Å². The average molecular weight is 239 g/mol. The number of halogens is 1. The van der Waals surface area contributed by atoms with E-state index in [4.69, 9.17) is 11.6 Å². The third kappa shape index (κ3) is 2.01. The first-order valence-corrected chi connectivity index (χ1v) is 5.83. The Kier molecular flexibility index (Phi) is 2.72. The van der Waals surface area contributed by atoms with E-state index in [1.165, 1.54) is 4.88 Å². The Morgan fingerprint density at radius 3 is 2.47 bits per heavy atom. The Morgan fingerprint density at radius 1 is 1.20 bits per heavy atom. The first kappa shape index (κ1) is 10.5. The van der Waals surface area contributed by atoms with Crippen LogP contribution >= 0.6 is 22.9 Å². The Labute approximate surface area is 98.0 Å². The van der Waals surface area contributed by atoms with Crippen molar-refractivity contribution < 1.29 is 5.11 Å². The van der Waals surface area contributed by atoms with Gasteiger partial charge in [-0.1, -0.05) is 17.7 Å². The molecule has 0 amide bonds. The molecule has 1 aromatic heterocycles. The number of phenolic OH excluding ortho intramolecular Hbond substituents is 1. The summed E-state index contributed by atoms with van der Waals surface area (Å²) in [5.41, 5.74) is 2.97. The molecule has 15 heavy (non-hydrogen) atoms. The molecule has 2 rings (SSSR count). The highest BCUT2D eigenvalue weighted by atomic mass is 35.5. The summed E-state index contributed by atoms with van der Waals surface area (Å²) >= 11 is 7.70. The smallest absolute Gasteiger partial charge is 0.118 e. The third-order valence-corrected chi connectivity index (χ3v) is 3.59. The van der Waals surface area contributed by atoms with Crippen LogP contribution < -0.4 is 0 Å². The standard InChI is InChI=1S/C12H11ClOS/c1-7-5-9(3-4-11(7)14)10-6-8(2)15-12(10)13/h3-6,14H,1-2H3. The van der Waals surface area contributed by atoms with Crippen LogP contribution in [0, 0.1) is 13.8 Å². The van der Waals surface area contributed by atoms with Crippen molar-refractivity contribution in [3.63, 3.8) is 0 Å². The molecule has 0 unspecified atom stereocenters. The van der Waals surface area contributed by atoms with Crippen LogP contribution in [0.4, 0.5) is 0 Å². The van der Waals surface area contributed by atoms with Gasteiger partial charge in [-0.2, -0.15) is 0 Å². The maximum atomic E-state index is 9.43. The van der Waals surface area contributed by atoms with Crippen molar-refractivity contribution in [1.82, 2.24) is 0 Å². The van der Waals surface area contributed by atoms with Crippen LogP contribution in [-0.2, 0) is 0 Å². The van der Waals surface area contributed by atoms with Crippen molar-refractivity contribution in [3.8, 4) is 16.9 Å². The minimum absolute atomic E-state index is 0.321. The summed E-state index contributed by atoms with van der Waals surface area (Å²) in [4.78, 5) is 1.20. The summed E-state index contributed by atoms with van der Waals surface area (Å²) in [5, 5.41) is 9.43. The average Bonchev–Trinajstić information content (AvgIpc) is 2.50. The van der Waals surface area contributed by atoms with Gasteiger partial charge in [0.25, 0.3) is 0 Å². The fourth-order valence-electron chi connectivity index (χ4n) is 1.51. The van der Waals surface area contributed by atoms with Gasteiger partial charge in [-0.15, -0.1) is 11.3 Å². The van der Waals surface area contributed by atoms with Crippen LogP contribution in [0.1, 0.15) is 10.4 Å². The molecule has 1 nitrogen and oxygen atoms in total. The molecule has 2 aromatic rings. The second-order valence-corrected chi connectivity index (χ2v) is 5.40. The van der Waals surface area contributed by atoms with E-state index in [2.05, 4.69) is 6.07 Å². The monoisotopic (exact) mass is 238 g/mol. The summed E-state index contributed by atoms with van der Waals surface area (Å²) in [6.45, 7) is 3.92. The third-order valence-electron chi connectivity index (χ3n) is 2.32. The Morgan fingerprint density at radius 2 is 1.93 bits per heavy atom. The van der Waals surface area contributed by atoms with Crippen LogP contribution in [0.15, 0.2) is 24.3 Å². The number of phenols is 1. The van der Waals surface area contributed by atoms with E-state index in [1.54, 1.807) is 17.4 Å². The number of thiophene rings is 1. The highest BCUT2D eigenvalue weighted by Gasteiger charge is 2.08. The number of aryl methyl sites for hydroxylation is 2. The van der Waals surface area contributed by atoms with Gasteiger partial charge in [-0.25, -0.2) is 0 Å². The van der Waals surface area contributed by atoms with Gasteiger partial charge in [0, 0.05) is 10.4 Å². The number of hydrogen-bond donors (Lipinski definition) is 1. The molecule has 0 bridgehead atoms. The highest BCUT2D eigenvalue weighted by Crippen LogP contribution is 2.36. The van der Waals surface area contributed by atoms with Gasteiger partial charge in [0.2, 0.25) is 0 Å². The minimum Gasteiger partial charge on any atom is -0.508 e. The van der Waals surface area contributed by atoms with Gasteiger partial charge in [-0.05, 0) is 43.2 Å². The molecular formula is C12H11ClOS. The number of aromatic hydroxyl groups is 1. The topological polar surface area (TPSA) is 20.2 Å². The molecule has 1 aromatic carbocycles. The van der Waals surface area contributed by atoms with Crippen molar-refractivity contribution in [3.05, 3.63) is 39.0 Å². The molecule has 1 heterocycles. The lowest BCUT2D eigenvalue weighted by Crippen LogP contribution is -1.78. The predicted octanol–water partition coefficient (Wildman–Crippen LogP) is 4.39. The van der Waals surface area contributed by atoms with Crippen molar-refractivity contribution in [2.45, 2.75) is 13.8 Å². The van der Waals surface area contributed by atoms with E-state index in [0.29, 0.717) is 5.75 Å². The lowest BCUT2D eigenvalue weighted by molar-refractivity contribution is 0.471. The van der Waals surface area contributed by atoms with Crippen LogP contribution in [0.3, 0.4) is 0 Å². The molecular weight excluding hydrogens is 228 g/mol. The highest BCUT2D eigenvalue weighted by molar-refractivity contribution is 7.16. The first-order valence-electron chi connectivity index (χ1n) is 4.64. The first-order chi connectivity index (χ1) is 7.08. The Balaban J connectivity index is 2.54. The molecule has 3 heteroatoms. The van der Waals surface area contributed by atoms with Gasteiger partial charge >= 0.3 is 0 Å². The van der Waals surface area contributed by atoms with Gasteiger partial charge in [0.05, 0.1) is 0 Å². The molecule has 0 saturated carbocycles. The molecule has 1 N–H and O–H groups in total. The summed E-state index contributed by atoms with van der Waals surface area (Å²) in [7, 11) is 0. The fourth-order valence-corrected chi connectivity index (χ4v) is 2.78. The molecule has 0 aliphatic rings. The fraction of sp³-hybridized carbons (Fsp3) is 0.167. The number of rotatable bonds is 1. The molecule has 0 fully saturated rings.